The zero-order valence-corrected chi connectivity index (χ0v) is 11.7. The van der Waals surface area contributed by atoms with Gasteiger partial charge in [0.1, 0.15) is 11.3 Å². The molecule has 21 heavy (non-hydrogen) atoms. The van der Waals surface area contributed by atoms with Crippen LogP contribution in [0.5, 0.6) is 11.5 Å². The lowest BCUT2D eigenvalue weighted by Crippen LogP contribution is -2.04. The van der Waals surface area contributed by atoms with E-state index >= 15 is 0 Å². The fourth-order valence-electron chi connectivity index (χ4n) is 2.53. The molecule has 0 amide bonds. The molecule has 0 unspecified atom stereocenters. The van der Waals surface area contributed by atoms with E-state index in [-0.39, 0.29) is 17.1 Å². The molecular weight excluding hydrogens is 268 g/mol. The van der Waals surface area contributed by atoms with Crippen LogP contribution in [0.4, 0.5) is 0 Å². The van der Waals surface area contributed by atoms with Gasteiger partial charge in [0, 0.05) is 0 Å². The van der Waals surface area contributed by atoms with E-state index in [1.807, 2.05) is 13.0 Å². The van der Waals surface area contributed by atoms with Crippen LogP contribution < -0.4 is 5.43 Å². The molecule has 3 rings (SSSR count). The van der Waals surface area contributed by atoms with Gasteiger partial charge in [-0.15, -0.1) is 0 Å². The average Bonchev–Trinajstić information content (AvgIpc) is 2.43. The van der Waals surface area contributed by atoms with Crippen LogP contribution in [0.1, 0.15) is 11.1 Å². The number of para-hydroxylation sites is 1. The van der Waals surface area contributed by atoms with Gasteiger partial charge in [-0.1, -0.05) is 18.2 Å². The molecule has 0 aliphatic heterocycles. The highest BCUT2D eigenvalue weighted by molar-refractivity contribution is 5.85. The van der Waals surface area contributed by atoms with Crippen LogP contribution in [0.2, 0.25) is 0 Å². The Morgan fingerprint density at radius 3 is 2.48 bits per heavy atom. The van der Waals surface area contributed by atoms with Crippen molar-refractivity contribution in [2.45, 2.75) is 13.8 Å². The van der Waals surface area contributed by atoms with Crippen molar-refractivity contribution in [2.24, 2.45) is 0 Å². The summed E-state index contributed by atoms with van der Waals surface area (Å²) < 4.78 is 5.69. The van der Waals surface area contributed by atoms with Gasteiger partial charge in [-0.05, 0) is 43.2 Å². The summed E-state index contributed by atoms with van der Waals surface area (Å²) in [4.78, 5) is 12.4. The zero-order chi connectivity index (χ0) is 15.1. The van der Waals surface area contributed by atoms with E-state index in [0.717, 1.165) is 11.1 Å². The predicted molar refractivity (Wildman–Crippen MR) is 80.7 cm³/mol. The Hall–Kier alpha value is -2.75. The van der Waals surface area contributed by atoms with Gasteiger partial charge in [0.05, 0.1) is 10.9 Å². The summed E-state index contributed by atoms with van der Waals surface area (Å²) in [5.41, 5.74) is 1.89. The zero-order valence-electron chi connectivity index (χ0n) is 11.7. The lowest BCUT2D eigenvalue weighted by Gasteiger charge is -2.09. The molecule has 0 fully saturated rings. The van der Waals surface area contributed by atoms with Crippen molar-refractivity contribution in [1.29, 1.82) is 0 Å². The highest BCUT2D eigenvalue weighted by atomic mass is 16.4. The monoisotopic (exact) mass is 282 g/mol. The summed E-state index contributed by atoms with van der Waals surface area (Å²) in [6.07, 6.45) is 0. The molecule has 0 atom stereocenters. The standard InChI is InChI=1S/C17H14O4/c1-9-7-10(2)14-13(8-9)21-17(16(20)15(14)19)11-5-3-4-6-12(11)18/h3-8,18,20H,1-2H3. The Labute approximate surface area is 120 Å². The van der Waals surface area contributed by atoms with Gasteiger partial charge in [-0.3, -0.25) is 4.79 Å². The maximum Gasteiger partial charge on any atom is 0.235 e. The molecule has 0 aliphatic rings. The molecule has 0 bridgehead atoms. The molecule has 0 saturated carbocycles. The van der Waals surface area contributed by atoms with Crippen LogP contribution in [-0.4, -0.2) is 10.2 Å². The Balaban J connectivity index is 2.44. The third-order valence-corrected chi connectivity index (χ3v) is 3.46. The summed E-state index contributed by atoms with van der Waals surface area (Å²) >= 11 is 0. The van der Waals surface area contributed by atoms with E-state index in [0.29, 0.717) is 11.0 Å². The van der Waals surface area contributed by atoms with Crippen molar-refractivity contribution in [3.8, 4) is 22.8 Å². The minimum absolute atomic E-state index is 0.0180. The van der Waals surface area contributed by atoms with Gasteiger partial charge in [-0.2, -0.15) is 0 Å². The fourth-order valence-corrected chi connectivity index (χ4v) is 2.53. The summed E-state index contributed by atoms with van der Waals surface area (Å²) in [6.45, 7) is 3.70. The number of hydrogen-bond donors (Lipinski definition) is 2. The maximum atomic E-state index is 12.4. The summed E-state index contributed by atoms with van der Waals surface area (Å²) in [7, 11) is 0. The predicted octanol–water partition coefficient (Wildman–Crippen LogP) is 3.49. The van der Waals surface area contributed by atoms with Crippen LogP contribution in [-0.2, 0) is 0 Å². The molecule has 2 N–H and O–H groups in total. The molecule has 4 nitrogen and oxygen atoms in total. The van der Waals surface area contributed by atoms with E-state index in [1.165, 1.54) is 6.07 Å². The summed E-state index contributed by atoms with van der Waals surface area (Å²) in [5.74, 6) is -0.564. The van der Waals surface area contributed by atoms with Crippen molar-refractivity contribution in [2.75, 3.05) is 0 Å². The lowest BCUT2D eigenvalue weighted by atomic mass is 10.0. The van der Waals surface area contributed by atoms with Crippen molar-refractivity contribution in [3.63, 3.8) is 0 Å². The first-order chi connectivity index (χ1) is 9.99. The topological polar surface area (TPSA) is 70.7 Å². The maximum absolute atomic E-state index is 12.4. The van der Waals surface area contributed by atoms with E-state index in [2.05, 4.69) is 0 Å². The van der Waals surface area contributed by atoms with Crippen molar-refractivity contribution >= 4 is 11.0 Å². The first-order valence-electron chi connectivity index (χ1n) is 6.54. The Morgan fingerprint density at radius 1 is 1.05 bits per heavy atom. The average molecular weight is 282 g/mol. The van der Waals surface area contributed by atoms with Crippen LogP contribution in [0, 0.1) is 13.8 Å². The lowest BCUT2D eigenvalue weighted by molar-refractivity contribution is 0.443. The van der Waals surface area contributed by atoms with Gasteiger partial charge in [-0.25, -0.2) is 0 Å². The van der Waals surface area contributed by atoms with Crippen LogP contribution in [0.25, 0.3) is 22.3 Å². The molecule has 2 aromatic carbocycles. The number of aryl methyl sites for hydroxylation is 2. The summed E-state index contributed by atoms with van der Waals surface area (Å²) in [5, 5.41) is 20.4. The second kappa shape index (κ2) is 4.66. The SMILES string of the molecule is Cc1cc(C)c2c(=O)c(O)c(-c3ccccc3O)oc2c1. The van der Waals surface area contributed by atoms with Crippen molar-refractivity contribution in [3.05, 3.63) is 57.7 Å². The minimum Gasteiger partial charge on any atom is -0.507 e. The molecule has 1 aromatic heterocycles. The Morgan fingerprint density at radius 2 is 1.76 bits per heavy atom. The normalized spacial score (nSPS) is 11.0. The molecule has 0 aliphatic carbocycles. The third-order valence-electron chi connectivity index (χ3n) is 3.46. The molecule has 0 spiro atoms. The Kier molecular flexibility index (Phi) is 2.94. The van der Waals surface area contributed by atoms with E-state index in [1.54, 1.807) is 31.2 Å². The smallest absolute Gasteiger partial charge is 0.235 e. The Bertz CT molecular complexity index is 907. The third kappa shape index (κ3) is 2.05. The number of aromatic hydroxyl groups is 2. The largest absolute Gasteiger partial charge is 0.507 e. The highest BCUT2D eigenvalue weighted by Crippen LogP contribution is 2.35. The molecule has 0 radical (unpaired) electrons. The van der Waals surface area contributed by atoms with Gasteiger partial charge in [0.2, 0.25) is 11.2 Å². The molecular formula is C17H14O4. The number of rotatable bonds is 1. The van der Waals surface area contributed by atoms with Crippen molar-refractivity contribution in [1.82, 2.24) is 0 Å². The van der Waals surface area contributed by atoms with Gasteiger partial charge >= 0.3 is 0 Å². The number of phenolic OH excluding ortho intramolecular Hbond substituents is 1. The van der Waals surface area contributed by atoms with Crippen LogP contribution in [0.15, 0.2) is 45.6 Å². The van der Waals surface area contributed by atoms with E-state index in [4.69, 9.17) is 4.42 Å². The first kappa shape index (κ1) is 13.2. The molecule has 0 saturated heterocycles. The van der Waals surface area contributed by atoms with Gasteiger partial charge in [0.15, 0.2) is 5.76 Å². The van der Waals surface area contributed by atoms with E-state index in [9.17, 15) is 15.0 Å². The number of benzene rings is 2. The molecule has 4 heteroatoms. The molecule has 3 aromatic rings. The van der Waals surface area contributed by atoms with Crippen LogP contribution >= 0.6 is 0 Å². The van der Waals surface area contributed by atoms with Crippen LogP contribution in [0.3, 0.4) is 0 Å². The quantitative estimate of drug-likeness (QED) is 0.716. The first-order valence-corrected chi connectivity index (χ1v) is 6.54. The number of fused-ring (bicyclic) bond motifs is 1. The second-order valence-corrected chi connectivity index (χ2v) is 5.08. The summed E-state index contributed by atoms with van der Waals surface area (Å²) in [6, 6.07) is 10.0. The molecule has 1 heterocycles. The number of hydrogen-bond acceptors (Lipinski definition) is 4. The van der Waals surface area contributed by atoms with Gasteiger partial charge in [0.25, 0.3) is 0 Å². The van der Waals surface area contributed by atoms with Crippen molar-refractivity contribution < 1.29 is 14.6 Å². The fraction of sp³-hybridized carbons (Fsp3) is 0.118. The number of phenols is 1. The van der Waals surface area contributed by atoms with E-state index < -0.39 is 11.2 Å². The minimum atomic E-state index is -0.494. The second-order valence-electron chi connectivity index (χ2n) is 5.08. The molecule has 106 valence electrons. The van der Waals surface area contributed by atoms with Gasteiger partial charge < -0.3 is 14.6 Å². The highest BCUT2D eigenvalue weighted by Gasteiger charge is 2.18.